The topological polar surface area (TPSA) is 41.9 Å². The number of piperidine rings is 1. The van der Waals surface area contributed by atoms with Crippen LogP contribution in [-0.2, 0) is 4.74 Å². The van der Waals surface area contributed by atoms with Gasteiger partial charge in [0.25, 0.3) is 0 Å². The van der Waals surface area contributed by atoms with Crippen LogP contribution < -0.4 is 0 Å². The van der Waals surface area contributed by atoms with Gasteiger partial charge in [0.15, 0.2) is 0 Å². The Morgan fingerprint density at radius 3 is 2.40 bits per heavy atom. The second-order valence-electron chi connectivity index (χ2n) is 5.87. The molecule has 1 fully saturated rings. The molecule has 0 saturated carbocycles. The summed E-state index contributed by atoms with van der Waals surface area (Å²) in [5.41, 5.74) is 0.290. The van der Waals surface area contributed by atoms with Crippen LogP contribution >= 0.6 is 11.6 Å². The van der Waals surface area contributed by atoms with Crippen LogP contribution in [0, 0.1) is 5.92 Å². The molecule has 1 heterocycles. The molecule has 1 aliphatic heterocycles. The summed E-state index contributed by atoms with van der Waals surface area (Å²) in [7, 11) is 0. The van der Waals surface area contributed by atoms with Crippen molar-refractivity contribution >= 4 is 22.9 Å². The van der Waals surface area contributed by atoms with Gasteiger partial charge < -0.3 is 9.64 Å². The zero-order chi connectivity index (χ0) is 15.3. The summed E-state index contributed by atoms with van der Waals surface area (Å²) in [6.07, 6.45) is 2.88. The minimum absolute atomic E-state index is 0.252. The number of nitrogens with zero attached hydrogens (tertiary/aromatic N) is 2. The van der Waals surface area contributed by atoms with Crippen LogP contribution in [0.1, 0.15) is 33.6 Å². The molecule has 0 atom stereocenters. The summed E-state index contributed by atoms with van der Waals surface area (Å²) in [6, 6.07) is 0. The molecule has 1 amide bonds. The van der Waals surface area contributed by atoms with Gasteiger partial charge in [0.2, 0.25) is 0 Å². The average Bonchev–Trinajstić information content (AvgIpc) is 2.36. The maximum absolute atomic E-state index is 11.9. The van der Waals surface area contributed by atoms with Crippen molar-refractivity contribution in [2.45, 2.75) is 39.2 Å². The molecule has 0 aromatic rings. The lowest BCUT2D eigenvalue weighted by atomic mass is 9.94. The molecule has 0 aromatic heterocycles. The highest BCUT2D eigenvalue weighted by Crippen LogP contribution is 2.25. The van der Waals surface area contributed by atoms with E-state index < -0.39 is 5.60 Å². The van der Waals surface area contributed by atoms with E-state index in [1.165, 1.54) is 6.08 Å². The number of aliphatic imine (C=N–C) groups is 1. The smallest absolute Gasteiger partial charge is 0.410 e. The number of carbonyl (C=O) groups excluding carboxylic acids is 1. The molecule has 0 aliphatic carbocycles. The molecule has 1 saturated heterocycles. The predicted octanol–water partition coefficient (Wildman–Crippen LogP) is 3.97. The summed E-state index contributed by atoms with van der Waals surface area (Å²) in [5, 5.41) is 0.351. The Morgan fingerprint density at radius 2 is 1.95 bits per heavy atom. The van der Waals surface area contributed by atoms with Gasteiger partial charge in [-0.15, -0.1) is 0 Å². The summed E-state index contributed by atoms with van der Waals surface area (Å²) < 4.78 is 5.36. The van der Waals surface area contributed by atoms with Crippen LogP contribution in [0.15, 0.2) is 29.9 Å². The lowest BCUT2D eigenvalue weighted by molar-refractivity contribution is 0.0194. The van der Waals surface area contributed by atoms with E-state index in [-0.39, 0.29) is 12.0 Å². The first-order chi connectivity index (χ1) is 9.23. The highest BCUT2D eigenvalue weighted by molar-refractivity contribution is 6.68. The first-order valence-electron chi connectivity index (χ1n) is 6.76. The molecule has 0 N–H and O–H groups in total. The van der Waals surface area contributed by atoms with Gasteiger partial charge in [-0.3, -0.25) is 0 Å². The fourth-order valence-electron chi connectivity index (χ4n) is 2.00. The van der Waals surface area contributed by atoms with Crippen molar-refractivity contribution in [3.63, 3.8) is 0 Å². The molecular weight excluding hydrogens is 276 g/mol. The van der Waals surface area contributed by atoms with E-state index in [9.17, 15) is 4.79 Å². The molecule has 1 aliphatic rings. The van der Waals surface area contributed by atoms with E-state index in [2.05, 4.69) is 18.2 Å². The van der Waals surface area contributed by atoms with Crippen molar-refractivity contribution in [2.75, 3.05) is 13.1 Å². The molecule has 20 heavy (non-hydrogen) atoms. The molecule has 1 rings (SSSR count). The van der Waals surface area contributed by atoms with E-state index >= 15 is 0 Å². The van der Waals surface area contributed by atoms with Crippen LogP contribution in [0.25, 0.3) is 0 Å². The van der Waals surface area contributed by atoms with Crippen LogP contribution in [0.5, 0.6) is 0 Å². The Balaban J connectivity index is 2.50. The number of halogens is 1. The molecule has 0 bridgehead atoms. The van der Waals surface area contributed by atoms with Crippen molar-refractivity contribution in [1.29, 1.82) is 0 Å². The molecule has 0 radical (unpaired) electrons. The van der Waals surface area contributed by atoms with Gasteiger partial charge in [0.05, 0.1) is 0 Å². The van der Waals surface area contributed by atoms with Gasteiger partial charge in [-0.25, -0.2) is 9.79 Å². The van der Waals surface area contributed by atoms with Gasteiger partial charge in [0, 0.05) is 24.7 Å². The highest BCUT2D eigenvalue weighted by atomic mass is 35.5. The van der Waals surface area contributed by atoms with Gasteiger partial charge in [-0.05, 0) is 39.7 Å². The van der Waals surface area contributed by atoms with Crippen molar-refractivity contribution < 1.29 is 9.53 Å². The summed E-state index contributed by atoms with van der Waals surface area (Å²) in [4.78, 5) is 17.8. The van der Waals surface area contributed by atoms with Crippen LogP contribution in [0.4, 0.5) is 4.79 Å². The number of carbonyl (C=O) groups is 1. The zero-order valence-electron chi connectivity index (χ0n) is 12.5. The molecule has 0 unspecified atom stereocenters. The largest absolute Gasteiger partial charge is 0.444 e. The van der Waals surface area contributed by atoms with E-state index in [0.717, 1.165) is 18.5 Å². The second kappa shape index (κ2) is 6.93. The number of hydrogen-bond donors (Lipinski definition) is 0. The van der Waals surface area contributed by atoms with E-state index in [1.54, 1.807) is 4.90 Å². The normalized spacial score (nSPS) is 17.8. The predicted molar refractivity (Wildman–Crippen MR) is 83.2 cm³/mol. The number of ether oxygens (including phenoxy) is 1. The highest BCUT2D eigenvalue weighted by Gasteiger charge is 2.27. The molecule has 0 spiro atoms. The Labute approximate surface area is 126 Å². The first-order valence-corrected chi connectivity index (χ1v) is 7.14. The Hall–Kier alpha value is -1.29. The van der Waals surface area contributed by atoms with Crippen LogP contribution in [0.3, 0.4) is 0 Å². The second-order valence-corrected chi connectivity index (χ2v) is 6.26. The van der Waals surface area contributed by atoms with E-state index in [0.29, 0.717) is 18.3 Å². The number of likely N-dealkylation sites (tertiary alicyclic amines) is 1. The molecule has 4 nitrogen and oxygen atoms in total. The van der Waals surface area contributed by atoms with Crippen molar-refractivity contribution in [2.24, 2.45) is 10.9 Å². The monoisotopic (exact) mass is 298 g/mol. The third-order valence-electron chi connectivity index (χ3n) is 3.04. The maximum atomic E-state index is 11.9. The molecule has 112 valence electrons. The molecule has 0 aromatic carbocycles. The summed E-state index contributed by atoms with van der Waals surface area (Å²) in [5.74, 6) is 0.252. The minimum Gasteiger partial charge on any atom is -0.444 e. The van der Waals surface area contributed by atoms with Gasteiger partial charge in [-0.1, -0.05) is 24.8 Å². The third kappa shape index (κ3) is 5.37. The fourth-order valence-corrected chi connectivity index (χ4v) is 2.10. The summed E-state index contributed by atoms with van der Waals surface area (Å²) >= 11 is 5.82. The summed E-state index contributed by atoms with van der Waals surface area (Å²) in [6.45, 7) is 14.4. The number of amides is 1. The third-order valence-corrected chi connectivity index (χ3v) is 3.28. The maximum Gasteiger partial charge on any atom is 0.410 e. The van der Waals surface area contributed by atoms with Crippen LogP contribution in [0.2, 0.25) is 0 Å². The van der Waals surface area contributed by atoms with Crippen LogP contribution in [-0.4, -0.2) is 34.9 Å². The van der Waals surface area contributed by atoms with E-state index in [1.807, 2.05) is 20.8 Å². The number of allylic oxidation sites excluding steroid dienone is 2. The standard InChI is InChI=1S/C15H23ClN2O2/c1-6-13(16)17-11(2)12-7-9-18(10-8-12)14(19)20-15(3,4)5/h6,12H,1-2,7-10H2,3-5H3. The Bertz CT molecular complexity index is 416. The van der Waals surface area contributed by atoms with Gasteiger partial charge >= 0.3 is 6.09 Å². The molecule has 5 heteroatoms. The zero-order valence-corrected chi connectivity index (χ0v) is 13.2. The number of rotatable bonds is 3. The van der Waals surface area contributed by atoms with Gasteiger partial charge in [0.1, 0.15) is 10.8 Å². The van der Waals surface area contributed by atoms with Crippen molar-refractivity contribution in [3.05, 3.63) is 24.9 Å². The average molecular weight is 299 g/mol. The van der Waals surface area contributed by atoms with E-state index in [4.69, 9.17) is 16.3 Å². The van der Waals surface area contributed by atoms with Crippen molar-refractivity contribution in [1.82, 2.24) is 4.90 Å². The first kappa shape index (κ1) is 16.8. The Morgan fingerprint density at radius 1 is 1.40 bits per heavy atom. The lowest BCUT2D eigenvalue weighted by Gasteiger charge is -2.33. The SMILES string of the molecule is C=CC(Cl)=NC(=C)C1CCN(C(=O)OC(C)(C)C)CC1. The van der Waals surface area contributed by atoms with Crippen molar-refractivity contribution in [3.8, 4) is 0 Å². The Kier molecular flexibility index (Phi) is 5.81. The fraction of sp³-hybridized carbons (Fsp3) is 0.600. The number of hydrogen-bond acceptors (Lipinski definition) is 3. The molecular formula is C15H23ClN2O2. The lowest BCUT2D eigenvalue weighted by Crippen LogP contribution is -2.41. The van der Waals surface area contributed by atoms with Gasteiger partial charge in [-0.2, -0.15) is 0 Å². The quantitative estimate of drug-likeness (QED) is 0.740. The minimum atomic E-state index is -0.459.